The monoisotopic (exact) mass is 297 g/mol. The Labute approximate surface area is 122 Å². The topological polar surface area (TPSA) is 63.7 Å². The maximum absolute atomic E-state index is 11.7. The molecule has 1 unspecified atom stereocenters. The first-order valence-electron chi connectivity index (χ1n) is 6.85. The van der Waals surface area contributed by atoms with Crippen molar-refractivity contribution >= 4 is 17.2 Å². The maximum atomic E-state index is 11.7. The van der Waals surface area contributed by atoms with Crippen LogP contribution in [0.3, 0.4) is 0 Å². The van der Waals surface area contributed by atoms with Crippen molar-refractivity contribution in [2.45, 2.75) is 26.3 Å². The van der Waals surface area contributed by atoms with Gasteiger partial charge >= 0.3 is 0 Å². The van der Waals surface area contributed by atoms with Crippen LogP contribution in [-0.2, 0) is 14.3 Å². The lowest BCUT2D eigenvalue weighted by atomic mass is 10.2. The summed E-state index contributed by atoms with van der Waals surface area (Å²) in [6, 6.07) is 0. The zero-order chi connectivity index (χ0) is 14.1. The van der Waals surface area contributed by atoms with Gasteiger partial charge < -0.3 is 14.8 Å². The predicted octanol–water partition coefficient (Wildman–Crippen LogP) is 1.27. The number of hydrogen-bond acceptors (Lipinski definition) is 6. The van der Waals surface area contributed by atoms with Crippen molar-refractivity contribution in [2.24, 2.45) is 5.92 Å². The molecule has 1 N–H and O–H groups in total. The Morgan fingerprint density at radius 3 is 2.95 bits per heavy atom. The quantitative estimate of drug-likeness (QED) is 0.907. The fourth-order valence-corrected chi connectivity index (χ4v) is 3.50. The Bertz CT molecular complexity index is 485. The van der Waals surface area contributed by atoms with Crippen molar-refractivity contribution in [3.8, 4) is 0 Å². The van der Waals surface area contributed by atoms with Gasteiger partial charge in [0.2, 0.25) is 12.2 Å². The Morgan fingerprint density at radius 1 is 1.50 bits per heavy atom. The number of carbonyl (C=O) groups excluding carboxylic acids is 1. The number of nitrogens with one attached hydrogen (secondary N) is 1. The Hall–Kier alpha value is -1.02. The molecule has 2 saturated heterocycles. The highest BCUT2D eigenvalue weighted by Crippen LogP contribution is 2.32. The molecule has 7 heteroatoms. The van der Waals surface area contributed by atoms with Crippen LogP contribution in [0.15, 0.2) is 6.20 Å². The fraction of sp³-hybridized carbons (Fsp3) is 0.692. The minimum atomic E-state index is -0.343. The normalized spacial score (nSPS) is 24.8. The lowest BCUT2D eigenvalue weighted by Gasteiger charge is -2.23. The molecule has 2 aliphatic rings. The summed E-state index contributed by atoms with van der Waals surface area (Å²) in [7, 11) is 0. The second-order valence-electron chi connectivity index (χ2n) is 5.47. The van der Waals surface area contributed by atoms with Crippen LogP contribution in [0.5, 0.6) is 0 Å². The summed E-state index contributed by atoms with van der Waals surface area (Å²) >= 11 is 1.54. The van der Waals surface area contributed by atoms with Crippen LogP contribution in [-0.4, -0.2) is 42.1 Å². The fourth-order valence-electron chi connectivity index (χ4n) is 2.49. The molecule has 6 nitrogen and oxygen atoms in total. The van der Waals surface area contributed by atoms with Crippen molar-refractivity contribution in [1.29, 1.82) is 0 Å². The third-order valence-corrected chi connectivity index (χ3v) is 4.31. The smallest absolute Gasteiger partial charge is 0.235 e. The molecule has 3 heterocycles. The van der Waals surface area contributed by atoms with Crippen LogP contribution in [0.2, 0.25) is 0 Å². The van der Waals surface area contributed by atoms with E-state index < -0.39 is 0 Å². The molecule has 0 aromatic carbocycles. The van der Waals surface area contributed by atoms with Gasteiger partial charge in [0, 0.05) is 12.7 Å². The summed E-state index contributed by atoms with van der Waals surface area (Å²) in [5.74, 6) is 0.582. The predicted molar refractivity (Wildman–Crippen MR) is 74.1 cm³/mol. The Morgan fingerprint density at radius 2 is 2.25 bits per heavy atom. The van der Waals surface area contributed by atoms with Gasteiger partial charge in [0.15, 0.2) is 0 Å². The lowest BCUT2D eigenvalue weighted by molar-refractivity contribution is -0.118. The van der Waals surface area contributed by atoms with E-state index in [0.29, 0.717) is 25.7 Å². The van der Waals surface area contributed by atoms with E-state index in [1.54, 1.807) is 11.3 Å². The van der Waals surface area contributed by atoms with E-state index >= 15 is 0 Å². The van der Waals surface area contributed by atoms with Crippen LogP contribution < -0.4 is 5.32 Å². The first kappa shape index (κ1) is 13.9. The van der Waals surface area contributed by atoms with Crippen molar-refractivity contribution in [2.75, 3.05) is 26.3 Å². The number of rotatable bonds is 4. The van der Waals surface area contributed by atoms with Crippen molar-refractivity contribution in [3.05, 3.63) is 16.1 Å². The first-order chi connectivity index (χ1) is 9.63. The van der Waals surface area contributed by atoms with Gasteiger partial charge in [-0.25, -0.2) is 4.98 Å². The maximum Gasteiger partial charge on any atom is 0.235 e. The standard InChI is InChI=1S/C13H19N3O3S/c1-8(2)6-16-7-10(17)15-11(16)9-5-14-12(20-9)13-18-3-4-19-13/h5,8,11,13H,3-4,6-7H2,1-2H3,(H,15,17). The van der Waals surface area contributed by atoms with Gasteiger partial charge in [-0.1, -0.05) is 13.8 Å². The third-order valence-electron chi connectivity index (χ3n) is 3.24. The minimum absolute atomic E-state index is 0.0685. The average molecular weight is 297 g/mol. The van der Waals surface area contributed by atoms with Gasteiger partial charge in [-0.15, -0.1) is 11.3 Å². The Kier molecular flexibility index (Phi) is 4.02. The molecule has 0 radical (unpaired) electrons. The van der Waals surface area contributed by atoms with E-state index in [0.717, 1.165) is 16.4 Å². The van der Waals surface area contributed by atoms with Crippen LogP contribution in [0.4, 0.5) is 0 Å². The third kappa shape index (κ3) is 2.85. The second-order valence-corrected chi connectivity index (χ2v) is 6.56. The van der Waals surface area contributed by atoms with E-state index in [4.69, 9.17) is 9.47 Å². The molecular formula is C13H19N3O3S. The molecule has 2 fully saturated rings. The molecule has 0 spiro atoms. The highest BCUT2D eigenvalue weighted by atomic mass is 32.1. The molecule has 0 saturated carbocycles. The van der Waals surface area contributed by atoms with Crippen LogP contribution in [0, 0.1) is 5.92 Å². The summed E-state index contributed by atoms with van der Waals surface area (Å²) < 4.78 is 10.9. The van der Waals surface area contributed by atoms with Gasteiger partial charge in [-0.2, -0.15) is 0 Å². The number of ether oxygens (including phenoxy) is 2. The molecule has 3 rings (SSSR count). The van der Waals surface area contributed by atoms with E-state index in [1.165, 1.54) is 0 Å². The lowest BCUT2D eigenvalue weighted by Crippen LogP contribution is -2.30. The molecular weight excluding hydrogens is 278 g/mol. The Balaban J connectivity index is 1.75. The van der Waals surface area contributed by atoms with Crippen molar-refractivity contribution < 1.29 is 14.3 Å². The number of hydrogen-bond donors (Lipinski definition) is 1. The highest BCUT2D eigenvalue weighted by molar-refractivity contribution is 7.11. The molecule has 20 heavy (non-hydrogen) atoms. The van der Waals surface area contributed by atoms with E-state index in [-0.39, 0.29) is 18.4 Å². The second kappa shape index (κ2) is 5.77. The number of nitrogens with zero attached hydrogens (tertiary/aromatic N) is 2. The first-order valence-corrected chi connectivity index (χ1v) is 7.67. The van der Waals surface area contributed by atoms with E-state index in [9.17, 15) is 4.79 Å². The summed E-state index contributed by atoms with van der Waals surface area (Å²) in [4.78, 5) is 19.2. The zero-order valence-electron chi connectivity index (χ0n) is 11.7. The van der Waals surface area contributed by atoms with Crippen molar-refractivity contribution in [3.63, 3.8) is 0 Å². The molecule has 0 aliphatic carbocycles. The largest absolute Gasteiger partial charge is 0.344 e. The van der Waals surface area contributed by atoms with E-state index in [2.05, 4.69) is 29.0 Å². The summed E-state index contributed by atoms with van der Waals surface area (Å²) in [6.07, 6.45) is 1.40. The van der Waals surface area contributed by atoms with Crippen LogP contribution in [0.25, 0.3) is 0 Å². The van der Waals surface area contributed by atoms with Gasteiger partial charge in [0.1, 0.15) is 11.2 Å². The molecule has 110 valence electrons. The number of aromatic nitrogens is 1. The molecule has 0 bridgehead atoms. The minimum Gasteiger partial charge on any atom is -0.344 e. The van der Waals surface area contributed by atoms with E-state index in [1.807, 2.05) is 6.20 Å². The average Bonchev–Trinajstić information content (AvgIpc) is 3.07. The SMILES string of the molecule is CC(C)CN1CC(=O)NC1c1cnc(C2OCCO2)s1. The van der Waals surface area contributed by atoms with Gasteiger partial charge in [-0.05, 0) is 5.92 Å². The molecule has 1 aromatic heterocycles. The molecule has 1 aromatic rings. The summed E-state index contributed by atoms with van der Waals surface area (Å²) in [5.41, 5.74) is 0. The zero-order valence-corrected chi connectivity index (χ0v) is 12.5. The molecule has 2 aliphatic heterocycles. The highest BCUT2D eigenvalue weighted by Gasteiger charge is 2.33. The van der Waals surface area contributed by atoms with Gasteiger partial charge in [-0.3, -0.25) is 9.69 Å². The van der Waals surface area contributed by atoms with Crippen LogP contribution in [0.1, 0.15) is 36.2 Å². The number of thiazole rings is 1. The molecule has 1 atom stereocenters. The number of carbonyl (C=O) groups is 1. The summed E-state index contributed by atoms with van der Waals surface area (Å²) in [6.45, 7) is 6.86. The number of amides is 1. The van der Waals surface area contributed by atoms with Crippen molar-refractivity contribution in [1.82, 2.24) is 15.2 Å². The van der Waals surface area contributed by atoms with Gasteiger partial charge in [0.25, 0.3) is 0 Å². The van der Waals surface area contributed by atoms with Gasteiger partial charge in [0.05, 0.1) is 24.6 Å². The molecule has 1 amide bonds. The van der Waals surface area contributed by atoms with Crippen LogP contribution >= 0.6 is 11.3 Å². The summed E-state index contributed by atoms with van der Waals surface area (Å²) in [5, 5.41) is 3.83.